The number of hydrogen-bond donors (Lipinski definition) is 1. The molecule has 0 spiro atoms. The van der Waals surface area contributed by atoms with Gasteiger partial charge in [0, 0.05) is 33.7 Å². The Balaban J connectivity index is 2.25. The van der Waals surface area contributed by atoms with Gasteiger partial charge in [-0.1, -0.05) is 20.8 Å². The molecule has 1 fully saturated rings. The van der Waals surface area contributed by atoms with Crippen LogP contribution in [-0.2, 0) is 0 Å². The molecule has 112 valence electrons. The van der Waals surface area contributed by atoms with E-state index in [0.717, 1.165) is 32.0 Å². The minimum atomic E-state index is 0.335. The topological polar surface area (TPSA) is 57.2 Å². The van der Waals surface area contributed by atoms with Crippen LogP contribution in [0.3, 0.4) is 0 Å². The van der Waals surface area contributed by atoms with Crippen LogP contribution in [0.4, 0.5) is 17.8 Å². The minimum absolute atomic E-state index is 0.335. The number of nitrogens with zero attached hydrogens (tertiary/aromatic N) is 5. The van der Waals surface area contributed by atoms with E-state index in [9.17, 15) is 0 Å². The van der Waals surface area contributed by atoms with E-state index in [1.165, 1.54) is 6.42 Å². The Morgan fingerprint density at radius 2 is 2.00 bits per heavy atom. The van der Waals surface area contributed by atoms with Gasteiger partial charge in [0.05, 0.1) is 0 Å². The van der Waals surface area contributed by atoms with Crippen LogP contribution < -0.4 is 15.1 Å². The van der Waals surface area contributed by atoms with Gasteiger partial charge in [-0.15, -0.1) is 0 Å². The average molecular weight is 278 g/mol. The highest BCUT2D eigenvalue weighted by molar-refractivity contribution is 5.45. The summed E-state index contributed by atoms with van der Waals surface area (Å²) in [6.07, 6.45) is 2.22. The van der Waals surface area contributed by atoms with Crippen molar-refractivity contribution < 1.29 is 0 Å². The molecule has 0 aromatic carbocycles. The van der Waals surface area contributed by atoms with Crippen LogP contribution in [0.25, 0.3) is 0 Å². The van der Waals surface area contributed by atoms with Crippen LogP contribution >= 0.6 is 0 Å². The lowest BCUT2D eigenvalue weighted by Crippen LogP contribution is -2.26. The molecule has 1 saturated heterocycles. The van der Waals surface area contributed by atoms with E-state index in [1.54, 1.807) is 0 Å². The third-order valence-corrected chi connectivity index (χ3v) is 3.51. The van der Waals surface area contributed by atoms with Crippen molar-refractivity contribution >= 4 is 17.8 Å². The minimum Gasteiger partial charge on any atom is -0.354 e. The lowest BCUT2D eigenvalue weighted by molar-refractivity contribution is 0.418. The van der Waals surface area contributed by atoms with Gasteiger partial charge in [-0.25, -0.2) is 0 Å². The third kappa shape index (κ3) is 3.49. The second kappa shape index (κ2) is 5.81. The fourth-order valence-electron chi connectivity index (χ4n) is 2.29. The summed E-state index contributed by atoms with van der Waals surface area (Å²) < 4.78 is 0. The van der Waals surface area contributed by atoms with E-state index in [1.807, 2.05) is 19.0 Å². The van der Waals surface area contributed by atoms with Gasteiger partial charge >= 0.3 is 0 Å². The Labute approximate surface area is 121 Å². The van der Waals surface area contributed by atoms with E-state index in [0.29, 0.717) is 17.3 Å². The van der Waals surface area contributed by atoms with Gasteiger partial charge in [0.1, 0.15) is 0 Å². The highest BCUT2D eigenvalue weighted by Crippen LogP contribution is 2.31. The molecule has 0 atom stereocenters. The van der Waals surface area contributed by atoms with E-state index in [2.05, 4.69) is 45.9 Å². The zero-order valence-electron chi connectivity index (χ0n) is 13.3. The van der Waals surface area contributed by atoms with E-state index < -0.39 is 0 Å². The molecule has 0 amide bonds. The summed E-state index contributed by atoms with van der Waals surface area (Å²) in [7, 11) is 3.91. The summed E-state index contributed by atoms with van der Waals surface area (Å²) in [4.78, 5) is 17.8. The monoisotopic (exact) mass is 278 g/mol. The molecule has 0 unspecified atom stereocenters. The van der Waals surface area contributed by atoms with Crippen LogP contribution in [0.1, 0.15) is 33.6 Å². The number of aromatic nitrogens is 3. The molecule has 0 saturated carbocycles. The van der Waals surface area contributed by atoms with Crippen LogP contribution in [0, 0.1) is 5.41 Å². The first kappa shape index (κ1) is 14.8. The molecule has 6 nitrogen and oxygen atoms in total. The van der Waals surface area contributed by atoms with Crippen molar-refractivity contribution in [2.45, 2.75) is 33.6 Å². The first-order valence-electron chi connectivity index (χ1n) is 7.33. The molecule has 0 aliphatic carbocycles. The van der Waals surface area contributed by atoms with E-state index >= 15 is 0 Å². The van der Waals surface area contributed by atoms with Crippen molar-refractivity contribution in [1.29, 1.82) is 0 Å². The second-order valence-corrected chi connectivity index (χ2v) is 6.42. The highest BCUT2D eigenvalue weighted by Gasteiger charge is 2.31. The van der Waals surface area contributed by atoms with Gasteiger partial charge < -0.3 is 15.1 Å². The predicted octanol–water partition coefficient (Wildman–Crippen LogP) is 2.00. The van der Waals surface area contributed by atoms with Crippen LogP contribution in [0.2, 0.25) is 0 Å². The number of rotatable bonds is 5. The zero-order chi connectivity index (χ0) is 14.8. The fourth-order valence-corrected chi connectivity index (χ4v) is 2.29. The van der Waals surface area contributed by atoms with Crippen LogP contribution in [0.5, 0.6) is 0 Å². The van der Waals surface area contributed by atoms with Crippen molar-refractivity contribution in [1.82, 2.24) is 15.0 Å². The summed E-state index contributed by atoms with van der Waals surface area (Å²) in [6, 6.07) is 0. The largest absolute Gasteiger partial charge is 0.354 e. The van der Waals surface area contributed by atoms with Gasteiger partial charge in [0.25, 0.3) is 0 Å². The molecular formula is C14H26N6. The Bertz CT molecular complexity index is 457. The first-order chi connectivity index (χ1) is 9.41. The Kier molecular flexibility index (Phi) is 4.30. The Hall–Kier alpha value is -1.59. The number of nitrogens with one attached hydrogen (secondary N) is 1. The summed E-state index contributed by atoms with van der Waals surface area (Å²) in [5, 5.41) is 3.26. The molecule has 1 aromatic rings. The summed E-state index contributed by atoms with van der Waals surface area (Å²) in [5.41, 5.74) is 0.335. The van der Waals surface area contributed by atoms with Gasteiger partial charge in [-0.2, -0.15) is 15.0 Å². The molecule has 0 radical (unpaired) electrons. The molecule has 1 N–H and O–H groups in total. The van der Waals surface area contributed by atoms with Crippen LogP contribution in [0.15, 0.2) is 0 Å². The standard InChI is InChI=1S/C14H26N6/c1-6-8-15-11-16-12(19(4)5)18-13(17-11)20-9-7-14(2,3)10-20/h6-10H2,1-5H3,(H,15,16,17,18). The van der Waals surface area contributed by atoms with Gasteiger partial charge in [-0.05, 0) is 18.3 Å². The molecule has 1 aliphatic rings. The van der Waals surface area contributed by atoms with Crippen molar-refractivity contribution in [2.75, 3.05) is 48.8 Å². The van der Waals surface area contributed by atoms with Crippen LogP contribution in [-0.4, -0.2) is 48.7 Å². The van der Waals surface area contributed by atoms with Crippen molar-refractivity contribution in [3.05, 3.63) is 0 Å². The SMILES string of the molecule is CCCNc1nc(N(C)C)nc(N2CCC(C)(C)C2)n1. The van der Waals surface area contributed by atoms with Gasteiger partial charge in [0.15, 0.2) is 0 Å². The average Bonchev–Trinajstić information content (AvgIpc) is 2.76. The highest BCUT2D eigenvalue weighted by atomic mass is 15.4. The maximum Gasteiger partial charge on any atom is 0.231 e. The maximum atomic E-state index is 4.58. The van der Waals surface area contributed by atoms with Gasteiger partial charge in [-0.3, -0.25) is 0 Å². The molecular weight excluding hydrogens is 252 g/mol. The maximum absolute atomic E-state index is 4.58. The summed E-state index contributed by atoms with van der Waals surface area (Å²) in [5.74, 6) is 2.16. The Morgan fingerprint density at radius 1 is 1.25 bits per heavy atom. The van der Waals surface area contributed by atoms with Crippen molar-refractivity contribution in [2.24, 2.45) is 5.41 Å². The smallest absolute Gasteiger partial charge is 0.231 e. The Morgan fingerprint density at radius 3 is 2.55 bits per heavy atom. The van der Waals surface area contributed by atoms with Crippen molar-refractivity contribution in [3.63, 3.8) is 0 Å². The number of hydrogen-bond acceptors (Lipinski definition) is 6. The molecule has 0 bridgehead atoms. The second-order valence-electron chi connectivity index (χ2n) is 6.42. The molecule has 6 heteroatoms. The van der Waals surface area contributed by atoms with Gasteiger partial charge in [0.2, 0.25) is 17.8 Å². The van der Waals surface area contributed by atoms with E-state index in [-0.39, 0.29) is 0 Å². The third-order valence-electron chi connectivity index (χ3n) is 3.51. The quantitative estimate of drug-likeness (QED) is 0.889. The molecule has 2 rings (SSSR count). The fraction of sp³-hybridized carbons (Fsp3) is 0.786. The molecule has 1 aromatic heterocycles. The summed E-state index contributed by atoms with van der Waals surface area (Å²) >= 11 is 0. The molecule has 20 heavy (non-hydrogen) atoms. The summed E-state index contributed by atoms with van der Waals surface area (Å²) in [6.45, 7) is 9.59. The normalized spacial score (nSPS) is 17.4. The van der Waals surface area contributed by atoms with Crippen molar-refractivity contribution in [3.8, 4) is 0 Å². The zero-order valence-corrected chi connectivity index (χ0v) is 13.3. The molecule has 1 aliphatic heterocycles. The lowest BCUT2D eigenvalue weighted by atomic mass is 9.93. The molecule has 2 heterocycles. The predicted molar refractivity (Wildman–Crippen MR) is 83.5 cm³/mol. The lowest BCUT2D eigenvalue weighted by Gasteiger charge is -2.21. The first-order valence-corrected chi connectivity index (χ1v) is 7.33. The number of anilines is 3. The van der Waals surface area contributed by atoms with E-state index in [4.69, 9.17) is 0 Å².